The first-order valence-corrected chi connectivity index (χ1v) is 15.2. The Kier molecular flexibility index (Phi) is 11.8. The molecule has 7 nitrogen and oxygen atoms in total. The minimum Gasteiger partial charge on any atom is -0.392 e. The number of anilines is 1. The molecule has 218 valence electrons. The van der Waals surface area contributed by atoms with E-state index in [-0.39, 0.29) is 36.5 Å². The third-order valence-electron chi connectivity index (χ3n) is 7.18. The van der Waals surface area contributed by atoms with Crippen LogP contribution in [0.5, 0.6) is 0 Å². The quantitative estimate of drug-likeness (QED) is 0.161. The molecule has 1 aliphatic heterocycles. The number of thioether (sulfide) groups is 1. The summed E-state index contributed by atoms with van der Waals surface area (Å²) < 4.78 is 13.1. The maximum absolute atomic E-state index is 12.6. The maximum atomic E-state index is 12.6. The summed E-state index contributed by atoms with van der Waals surface area (Å²) >= 11 is 1.77. The molecule has 2 amide bonds. The molecule has 1 saturated heterocycles. The summed E-state index contributed by atoms with van der Waals surface area (Å²) in [5.41, 5.74) is 3.45. The fourth-order valence-electron chi connectivity index (χ4n) is 4.84. The largest absolute Gasteiger partial charge is 0.392 e. The van der Waals surface area contributed by atoms with Gasteiger partial charge in [0.05, 0.1) is 18.8 Å². The normalized spacial score (nSPS) is 20.4. The Balaban J connectivity index is 1.43. The van der Waals surface area contributed by atoms with Crippen LogP contribution in [0.2, 0.25) is 0 Å². The van der Waals surface area contributed by atoms with Crippen molar-refractivity contribution in [2.45, 2.75) is 69.5 Å². The van der Waals surface area contributed by atoms with Crippen LogP contribution in [-0.2, 0) is 25.7 Å². The van der Waals surface area contributed by atoms with Gasteiger partial charge >= 0.3 is 0 Å². The monoisotopic (exact) mass is 576 g/mol. The van der Waals surface area contributed by atoms with E-state index in [9.17, 15) is 14.7 Å². The van der Waals surface area contributed by atoms with Crippen molar-refractivity contribution in [1.82, 2.24) is 5.32 Å². The minimum atomic E-state index is -0.597. The van der Waals surface area contributed by atoms with Gasteiger partial charge in [0.2, 0.25) is 11.8 Å². The number of unbranched alkanes of at least 4 members (excludes halogenated alkanes) is 2. The first kappa shape index (κ1) is 30.8. The molecular weight excluding hydrogens is 536 g/mol. The molecule has 4 atom stereocenters. The van der Waals surface area contributed by atoms with Gasteiger partial charge in [0.15, 0.2) is 6.29 Å². The van der Waals surface area contributed by atoms with E-state index < -0.39 is 6.29 Å². The Morgan fingerprint density at radius 2 is 1.68 bits per heavy atom. The number of carbonyl (C=O) groups is 2. The highest BCUT2D eigenvalue weighted by atomic mass is 32.2. The summed E-state index contributed by atoms with van der Waals surface area (Å²) in [6.07, 6.45) is 2.04. The standard InChI is InChI=1S/C33H40N2O5S/c1-23-30(22-41-29-12-5-3-6-13-29)39-33(40-32(23)26-17-15-25(21-36)16-18-26)27-10-9-11-28(20-27)35-31(38)14-7-4-8-19-34-24(2)37/h3,5-6,9-13,15-18,20,23,30,32-33,36H,4,7-8,14,19,21-22H2,1-2H3,(H,34,37)(H,35,38)/t23-,30+,32+,33+/m1/s1. The molecule has 1 fully saturated rings. The molecule has 0 aliphatic carbocycles. The van der Waals surface area contributed by atoms with E-state index in [1.54, 1.807) is 11.8 Å². The van der Waals surface area contributed by atoms with Crippen LogP contribution in [0.15, 0.2) is 83.8 Å². The predicted octanol–water partition coefficient (Wildman–Crippen LogP) is 6.40. The van der Waals surface area contributed by atoms with Crippen LogP contribution in [0.25, 0.3) is 0 Å². The lowest BCUT2D eigenvalue weighted by Gasteiger charge is -2.41. The second-order valence-corrected chi connectivity index (χ2v) is 11.5. The lowest BCUT2D eigenvalue weighted by atomic mass is 9.91. The Bertz CT molecular complexity index is 1250. The average molecular weight is 577 g/mol. The van der Waals surface area contributed by atoms with Gasteiger partial charge in [-0.15, -0.1) is 11.8 Å². The number of amides is 2. The van der Waals surface area contributed by atoms with Crippen LogP contribution in [0.1, 0.15) is 68.6 Å². The Labute approximate surface area is 247 Å². The van der Waals surface area contributed by atoms with Crippen LogP contribution >= 0.6 is 11.8 Å². The topological polar surface area (TPSA) is 96.9 Å². The van der Waals surface area contributed by atoms with Crippen LogP contribution in [0, 0.1) is 5.92 Å². The number of nitrogens with one attached hydrogen (secondary N) is 2. The summed E-state index contributed by atoms with van der Waals surface area (Å²) in [4.78, 5) is 24.7. The highest BCUT2D eigenvalue weighted by Gasteiger charge is 2.38. The zero-order valence-electron chi connectivity index (χ0n) is 23.8. The number of hydrogen-bond donors (Lipinski definition) is 3. The van der Waals surface area contributed by atoms with Gasteiger partial charge < -0.3 is 25.2 Å². The zero-order valence-corrected chi connectivity index (χ0v) is 24.6. The summed E-state index contributed by atoms with van der Waals surface area (Å²) in [6.45, 7) is 4.30. The zero-order chi connectivity index (χ0) is 29.0. The second kappa shape index (κ2) is 15.7. The molecule has 0 radical (unpaired) electrons. The van der Waals surface area contributed by atoms with Gasteiger partial charge in [0.25, 0.3) is 0 Å². The number of carbonyl (C=O) groups excluding carboxylic acids is 2. The number of benzene rings is 3. The fraction of sp³-hybridized carbons (Fsp3) is 0.394. The van der Waals surface area contributed by atoms with E-state index in [1.807, 2.05) is 66.7 Å². The molecule has 3 aromatic rings. The van der Waals surface area contributed by atoms with Crippen molar-refractivity contribution < 1.29 is 24.2 Å². The first-order valence-electron chi connectivity index (χ1n) is 14.3. The van der Waals surface area contributed by atoms with Crippen LogP contribution in [-0.4, -0.2) is 35.3 Å². The number of ether oxygens (including phenoxy) is 2. The van der Waals surface area contributed by atoms with Crippen LogP contribution in [0.3, 0.4) is 0 Å². The van der Waals surface area contributed by atoms with Crippen LogP contribution in [0.4, 0.5) is 5.69 Å². The van der Waals surface area contributed by atoms with Gasteiger partial charge in [-0.05, 0) is 48.2 Å². The van der Waals surface area contributed by atoms with E-state index in [0.717, 1.165) is 41.7 Å². The van der Waals surface area contributed by atoms with E-state index in [2.05, 4.69) is 29.7 Å². The van der Waals surface area contributed by atoms with Crippen molar-refractivity contribution in [3.63, 3.8) is 0 Å². The molecule has 4 rings (SSSR count). The van der Waals surface area contributed by atoms with E-state index in [4.69, 9.17) is 9.47 Å². The van der Waals surface area contributed by atoms with Gasteiger partial charge in [-0.3, -0.25) is 9.59 Å². The van der Waals surface area contributed by atoms with Crippen molar-refractivity contribution >= 4 is 29.3 Å². The SMILES string of the molecule is CC(=O)NCCCCCC(=O)Nc1cccc([C@H]2O[C@@H](CSc3ccccc3)[C@@H](C)[C@@H](c3ccc(CO)cc3)O2)c1. The third-order valence-corrected chi connectivity index (χ3v) is 8.28. The molecule has 0 aromatic heterocycles. The molecule has 1 heterocycles. The van der Waals surface area contributed by atoms with Crippen molar-refractivity contribution in [3.8, 4) is 0 Å². The Morgan fingerprint density at radius 3 is 2.41 bits per heavy atom. The van der Waals surface area contributed by atoms with Gasteiger partial charge in [-0.25, -0.2) is 0 Å². The van der Waals surface area contributed by atoms with Crippen molar-refractivity contribution in [2.24, 2.45) is 5.92 Å². The molecule has 41 heavy (non-hydrogen) atoms. The maximum Gasteiger partial charge on any atom is 0.224 e. The summed E-state index contributed by atoms with van der Waals surface area (Å²) in [5.74, 6) is 0.792. The molecule has 1 aliphatic rings. The highest BCUT2D eigenvalue weighted by molar-refractivity contribution is 7.99. The van der Waals surface area contributed by atoms with E-state index >= 15 is 0 Å². The Hall–Kier alpha value is -3.17. The molecule has 3 aromatic carbocycles. The van der Waals surface area contributed by atoms with Gasteiger partial charge in [0.1, 0.15) is 0 Å². The molecule has 0 saturated carbocycles. The minimum absolute atomic E-state index is 0.000972. The Morgan fingerprint density at radius 1 is 0.902 bits per heavy atom. The van der Waals surface area contributed by atoms with E-state index in [0.29, 0.717) is 18.7 Å². The third kappa shape index (κ3) is 9.43. The fourth-order valence-corrected chi connectivity index (χ4v) is 5.93. The first-order chi connectivity index (χ1) is 19.9. The van der Waals surface area contributed by atoms with Gasteiger partial charge in [-0.1, -0.05) is 67.9 Å². The van der Waals surface area contributed by atoms with Crippen molar-refractivity contribution in [3.05, 3.63) is 95.6 Å². The molecule has 8 heteroatoms. The smallest absolute Gasteiger partial charge is 0.224 e. The van der Waals surface area contributed by atoms with Gasteiger partial charge in [-0.2, -0.15) is 0 Å². The van der Waals surface area contributed by atoms with Gasteiger partial charge in [0, 0.05) is 47.7 Å². The second-order valence-electron chi connectivity index (χ2n) is 10.4. The summed E-state index contributed by atoms with van der Waals surface area (Å²) in [6, 6.07) is 25.9. The molecule has 0 bridgehead atoms. The number of aliphatic hydroxyl groups is 1. The molecule has 3 N–H and O–H groups in total. The lowest BCUT2D eigenvalue weighted by Crippen LogP contribution is -2.38. The molecule has 0 unspecified atom stereocenters. The van der Waals surface area contributed by atoms with Crippen LogP contribution < -0.4 is 10.6 Å². The lowest BCUT2D eigenvalue weighted by molar-refractivity contribution is -0.268. The average Bonchev–Trinajstić information content (AvgIpc) is 2.99. The number of rotatable bonds is 13. The summed E-state index contributed by atoms with van der Waals surface area (Å²) in [7, 11) is 0. The highest BCUT2D eigenvalue weighted by Crippen LogP contribution is 2.43. The molecule has 0 spiro atoms. The van der Waals surface area contributed by atoms with Crippen molar-refractivity contribution in [2.75, 3.05) is 17.6 Å². The summed E-state index contributed by atoms with van der Waals surface area (Å²) in [5, 5.41) is 15.3. The number of hydrogen-bond acceptors (Lipinski definition) is 6. The van der Waals surface area contributed by atoms with E-state index in [1.165, 1.54) is 11.8 Å². The van der Waals surface area contributed by atoms with Crippen molar-refractivity contribution in [1.29, 1.82) is 0 Å². The number of aliphatic hydroxyl groups excluding tert-OH is 1. The predicted molar refractivity (Wildman–Crippen MR) is 162 cm³/mol. The molecular formula is C33H40N2O5S.